The van der Waals surface area contributed by atoms with Crippen LogP contribution in [0.3, 0.4) is 0 Å². The number of nitrogens with zero attached hydrogens (tertiary/aromatic N) is 2. The van der Waals surface area contributed by atoms with Gasteiger partial charge >= 0.3 is 0 Å². The molecule has 41 heavy (non-hydrogen) atoms. The van der Waals surface area contributed by atoms with Crippen LogP contribution >= 0.6 is 45.8 Å². The number of imide groups is 2. The highest BCUT2D eigenvalue weighted by Crippen LogP contribution is 2.64. The number of amides is 4. The van der Waals surface area contributed by atoms with Gasteiger partial charge in [0.2, 0.25) is 11.8 Å². The summed E-state index contributed by atoms with van der Waals surface area (Å²) in [6.45, 7) is 0. The number of halogens is 3. The average Bonchev–Trinajstić information content (AvgIpc) is 3.28. The van der Waals surface area contributed by atoms with E-state index in [1.807, 2.05) is 18.2 Å². The van der Waals surface area contributed by atoms with Crippen LogP contribution in [0, 0.1) is 27.2 Å². The number of phenols is 1. The molecule has 5 aliphatic rings. The first-order valence-corrected chi connectivity index (χ1v) is 15.0. The van der Waals surface area contributed by atoms with Gasteiger partial charge in [-0.15, -0.1) is 23.2 Å². The van der Waals surface area contributed by atoms with Crippen LogP contribution in [-0.4, -0.2) is 50.4 Å². The SMILES string of the molecule is CN1C(=O)[C@]2(Cl)C[C@@H]3C(=CC[C@@H]4C(=O)N(c5ccc(I)cc5)C(=O)[C@@H]43)[C@H](C3=COc4ccc(O)cc4C3)[C@]2(Cl)C1=O. The van der Waals surface area contributed by atoms with E-state index in [1.54, 1.807) is 24.3 Å². The second kappa shape index (κ2) is 9.05. The van der Waals surface area contributed by atoms with E-state index in [2.05, 4.69) is 22.6 Å². The average molecular weight is 705 g/mol. The summed E-state index contributed by atoms with van der Waals surface area (Å²) < 4.78 is 6.88. The molecule has 0 aromatic heterocycles. The van der Waals surface area contributed by atoms with Crippen LogP contribution in [0.1, 0.15) is 18.4 Å². The zero-order chi connectivity index (χ0) is 29.0. The van der Waals surface area contributed by atoms with Gasteiger partial charge in [-0.1, -0.05) is 11.6 Å². The van der Waals surface area contributed by atoms with Gasteiger partial charge < -0.3 is 9.84 Å². The van der Waals surface area contributed by atoms with E-state index in [9.17, 15) is 24.3 Å². The Labute approximate surface area is 259 Å². The highest BCUT2D eigenvalue weighted by Gasteiger charge is 2.76. The minimum atomic E-state index is -1.87. The first-order valence-electron chi connectivity index (χ1n) is 13.2. The van der Waals surface area contributed by atoms with Crippen molar-refractivity contribution in [2.24, 2.45) is 23.7 Å². The number of phenolic OH excluding ortho intramolecular Hbond substituents is 1. The fourth-order valence-electron chi connectivity index (χ4n) is 7.40. The third kappa shape index (κ3) is 3.51. The number of allylic oxidation sites excluding steroid dienone is 3. The largest absolute Gasteiger partial charge is 0.508 e. The van der Waals surface area contributed by atoms with E-state index in [4.69, 9.17) is 27.9 Å². The molecule has 0 bridgehead atoms. The molecule has 0 unspecified atom stereocenters. The van der Waals surface area contributed by atoms with Crippen LogP contribution in [0.15, 0.2) is 65.9 Å². The highest BCUT2D eigenvalue weighted by molar-refractivity contribution is 14.1. The minimum absolute atomic E-state index is 0.0553. The molecule has 3 heterocycles. The summed E-state index contributed by atoms with van der Waals surface area (Å²) in [4.78, 5) is 53.5. The van der Waals surface area contributed by atoms with E-state index in [-0.39, 0.29) is 36.8 Å². The van der Waals surface area contributed by atoms with Gasteiger partial charge in [-0.05, 0) is 89.4 Å². The zero-order valence-electron chi connectivity index (χ0n) is 21.6. The lowest BCUT2D eigenvalue weighted by Gasteiger charge is -2.51. The van der Waals surface area contributed by atoms with E-state index in [0.29, 0.717) is 28.1 Å². The zero-order valence-corrected chi connectivity index (χ0v) is 25.3. The molecule has 6 atom stereocenters. The van der Waals surface area contributed by atoms with Gasteiger partial charge in [0.15, 0.2) is 9.75 Å². The maximum atomic E-state index is 14.0. The number of carbonyl (C=O) groups excluding carboxylic acids is 4. The van der Waals surface area contributed by atoms with Crippen molar-refractivity contribution in [2.75, 3.05) is 11.9 Å². The van der Waals surface area contributed by atoms with Crippen LogP contribution in [0.25, 0.3) is 0 Å². The van der Waals surface area contributed by atoms with Crippen LogP contribution in [0.5, 0.6) is 11.5 Å². The van der Waals surface area contributed by atoms with Gasteiger partial charge in [-0.3, -0.25) is 29.0 Å². The van der Waals surface area contributed by atoms with Crippen LogP contribution in [-0.2, 0) is 25.6 Å². The molecule has 4 amide bonds. The Hall–Kier alpha value is -2.89. The number of aromatic hydroxyl groups is 1. The van der Waals surface area contributed by atoms with E-state index < -0.39 is 45.2 Å². The number of rotatable bonds is 2. The number of benzene rings is 2. The van der Waals surface area contributed by atoms with Crippen LogP contribution in [0.2, 0.25) is 0 Å². The third-order valence-electron chi connectivity index (χ3n) is 9.25. The molecule has 2 aromatic carbocycles. The van der Waals surface area contributed by atoms with Crippen LogP contribution in [0.4, 0.5) is 5.69 Å². The molecular formula is C30H23Cl2IN2O6. The van der Waals surface area contributed by atoms with Crippen molar-refractivity contribution in [3.05, 3.63) is 75.1 Å². The van der Waals surface area contributed by atoms with E-state index in [1.165, 1.54) is 24.3 Å². The molecule has 0 radical (unpaired) electrons. The second-order valence-electron chi connectivity index (χ2n) is 11.3. The number of ether oxygens (including phenoxy) is 1. The molecule has 210 valence electrons. The van der Waals surface area contributed by atoms with Gasteiger partial charge in [-0.25, -0.2) is 0 Å². The van der Waals surface area contributed by atoms with Crippen molar-refractivity contribution in [2.45, 2.75) is 29.0 Å². The number of alkyl halides is 2. The van der Waals surface area contributed by atoms with E-state index >= 15 is 0 Å². The lowest BCUT2D eigenvalue weighted by molar-refractivity contribution is -0.138. The Kier molecular flexibility index (Phi) is 5.96. The summed E-state index contributed by atoms with van der Waals surface area (Å²) >= 11 is 16.6. The molecule has 3 aliphatic heterocycles. The third-order valence-corrected chi connectivity index (χ3v) is 11.4. The molecule has 3 fully saturated rings. The molecule has 2 aliphatic carbocycles. The Morgan fingerprint density at radius 3 is 2.46 bits per heavy atom. The Morgan fingerprint density at radius 2 is 1.73 bits per heavy atom. The van der Waals surface area contributed by atoms with Gasteiger partial charge in [0.25, 0.3) is 11.8 Å². The number of likely N-dealkylation sites (tertiary alicyclic amines) is 1. The first-order chi connectivity index (χ1) is 19.5. The monoisotopic (exact) mass is 704 g/mol. The van der Waals surface area contributed by atoms with Crippen LogP contribution < -0.4 is 9.64 Å². The number of fused-ring (bicyclic) bond motifs is 5. The topological polar surface area (TPSA) is 104 Å². The fourth-order valence-corrected chi connectivity index (χ4v) is 8.79. The summed E-state index contributed by atoms with van der Waals surface area (Å²) in [5.41, 5.74) is 2.47. The van der Waals surface area contributed by atoms with E-state index in [0.717, 1.165) is 8.47 Å². The molecule has 1 N–H and O–H groups in total. The smallest absolute Gasteiger partial charge is 0.253 e. The molecule has 2 aromatic rings. The second-order valence-corrected chi connectivity index (χ2v) is 13.8. The first kappa shape index (κ1) is 27.0. The standard InChI is InChI=1S/C30H23Cl2IN2O6/c1-34-27(39)29(31)12-21-19(7-8-20-23(21)26(38)35(25(20)37)17-4-2-16(33)3-5-17)24(30(29,32)28(34)40)15-10-14-11-18(36)6-9-22(14)41-13-15/h2-7,9,11,13,20-21,23-24,36H,8,10,12H2,1H3/t20-,21+,23-,24-,29+,30-/m0/s1. The molecule has 1 saturated carbocycles. The summed E-state index contributed by atoms with van der Waals surface area (Å²) in [7, 11) is 1.36. The van der Waals surface area contributed by atoms with Crippen molar-refractivity contribution in [3.63, 3.8) is 0 Å². The van der Waals surface area contributed by atoms with Crippen molar-refractivity contribution in [1.29, 1.82) is 0 Å². The van der Waals surface area contributed by atoms with Gasteiger partial charge in [0.05, 0.1) is 23.8 Å². The Balaban J connectivity index is 1.36. The molecule has 2 saturated heterocycles. The van der Waals surface area contributed by atoms with Gasteiger partial charge in [0, 0.05) is 28.5 Å². The highest BCUT2D eigenvalue weighted by atomic mass is 127. The molecular weight excluding hydrogens is 682 g/mol. The summed E-state index contributed by atoms with van der Waals surface area (Å²) in [5, 5.41) is 10.1. The van der Waals surface area contributed by atoms with Crippen molar-refractivity contribution < 1.29 is 29.0 Å². The normalized spacial score (nSPS) is 34.0. The number of hydrogen-bond donors (Lipinski definition) is 1. The molecule has 0 spiro atoms. The lowest BCUT2D eigenvalue weighted by atomic mass is 9.56. The lowest BCUT2D eigenvalue weighted by Crippen LogP contribution is -2.61. The summed E-state index contributed by atoms with van der Waals surface area (Å²) in [6.07, 6.45) is 3.91. The summed E-state index contributed by atoms with van der Waals surface area (Å²) in [5.74, 6) is -4.18. The fraction of sp³-hybridized carbons (Fsp3) is 0.333. The Morgan fingerprint density at radius 1 is 1.00 bits per heavy atom. The van der Waals surface area contributed by atoms with Crippen molar-refractivity contribution >= 4 is 75.1 Å². The number of carbonyl (C=O) groups is 4. The molecule has 8 nitrogen and oxygen atoms in total. The maximum absolute atomic E-state index is 14.0. The minimum Gasteiger partial charge on any atom is -0.508 e. The number of hydrogen-bond acceptors (Lipinski definition) is 6. The predicted octanol–water partition coefficient (Wildman–Crippen LogP) is 4.54. The van der Waals surface area contributed by atoms with Crippen molar-refractivity contribution in [3.8, 4) is 11.5 Å². The Bertz CT molecular complexity index is 1640. The van der Waals surface area contributed by atoms with Crippen molar-refractivity contribution in [1.82, 2.24) is 4.90 Å². The maximum Gasteiger partial charge on any atom is 0.253 e. The van der Waals surface area contributed by atoms with Gasteiger partial charge in [-0.2, -0.15) is 0 Å². The predicted molar refractivity (Wildman–Crippen MR) is 158 cm³/mol. The molecule has 7 rings (SSSR count). The summed E-state index contributed by atoms with van der Waals surface area (Å²) in [6, 6.07) is 11.9. The molecule has 11 heteroatoms. The number of anilines is 1. The van der Waals surface area contributed by atoms with Gasteiger partial charge in [0.1, 0.15) is 11.5 Å². The quantitative estimate of drug-likeness (QED) is 0.213.